The van der Waals surface area contributed by atoms with Gasteiger partial charge in [-0.05, 0) is 23.6 Å². The van der Waals surface area contributed by atoms with Gasteiger partial charge in [-0.15, -0.1) is 0 Å². The minimum absolute atomic E-state index is 0.0430. The number of nitrogens with zero attached hydrogens (tertiary/aromatic N) is 1. The molecule has 4 heteroatoms. The van der Waals surface area contributed by atoms with Crippen LogP contribution >= 0.6 is 0 Å². The zero-order valence-electron chi connectivity index (χ0n) is 11.1. The van der Waals surface area contributed by atoms with Gasteiger partial charge in [0, 0.05) is 30.5 Å². The molecule has 0 bridgehead atoms. The van der Waals surface area contributed by atoms with E-state index >= 15 is 0 Å². The van der Waals surface area contributed by atoms with Crippen molar-refractivity contribution in [1.82, 2.24) is 4.57 Å². The predicted molar refractivity (Wildman–Crippen MR) is 71.7 cm³/mol. The summed E-state index contributed by atoms with van der Waals surface area (Å²) in [5, 5.41) is 0. The SMILES string of the molecule is CC(C)C(N)c1ccn(Cc2cccc(F)c2F)c1. The second-order valence-corrected chi connectivity index (χ2v) is 5.10. The van der Waals surface area contributed by atoms with Crippen LogP contribution in [0.1, 0.15) is 31.0 Å². The fraction of sp³-hybridized carbons (Fsp3) is 0.333. The Morgan fingerprint density at radius 1 is 1.21 bits per heavy atom. The Bertz CT molecular complexity index is 561. The Balaban J connectivity index is 2.18. The molecule has 0 radical (unpaired) electrons. The molecule has 0 aliphatic heterocycles. The summed E-state index contributed by atoms with van der Waals surface area (Å²) in [6.07, 6.45) is 3.72. The van der Waals surface area contributed by atoms with E-state index in [1.54, 1.807) is 6.07 Å². The lowest BCUT2D eigenvalue weighted by molar-refractivity contribution is 0.494. The van der Waals surface area contributed by atoms with Crippen molar-refractivity contribution in [2.75, 3.05) is 0 Å². The quantitative estimate of drug-likeness (QED) is 0.900. The number of halogens is 2. The number of hydrogen-bond acceptors (Lipinski definition) is 1. The van der Waals surface area contributed by atoms with Gasteiger partial charge in [0.2, 0.25) is 0 Å². The fourth-order valence-corrected chi connectivity index (χ4v) is 2.01. The van der Waals surface area contributed by atoms with Crippen LogP contribution < -0.4 is 5.73 Å². The van der Waals surface area contributed by atoms with Gasteiger partial charge in [0.15, 0.2) is 11.6 Å². The van der Waals surface area contributed by atoms with Gasteiger partial charge in [-0.2, -0.15) is 0 Å². The van der Waals surface area contributed by atoms with Crippen LogP contribution in [0.2, 0.25) is 0 Å². The summed E-state index contributed by atoms with van der Waals surface area (Å²) in [7, 11) is 0. The third kappa shape index (κ3) is 3.01. The molecule has 0 spiro atoms. The van der Waals surface area contributed by atoms with Crippen molar-refractivity contribution in [1.29, 1.82) is 0 Å². The minimum atomic E-state index is -0.816. The van der Waals surface area contributed by atoms with Crippen molar-refractivity contribution in [3.05, 3.63) is 59.4 Å². The van der Waals surface area contributed by atoms with Crippen LogP contribution in [0.5, 0.6) is 0 Å². The second kappa shape index (κ2) is 5.53. The normalized spacial score (nSPS) is 12.9. The van der Waals surface area contributed by atoms with Crippen LogP contribution in [0.15, 0.2) is 36.7 Å². The van der Waals surface area contributed by atoms with Crippen molar-refractivity contribution >= 4 is 0 Å². The number of nitrogens with two attached hydrogens (primary N) is 1. The third-order valence-corrected chi connectivity index (χ3v) is 3.26. The highest BCUT2D eigenvalue weighted by atomic mass is 19.2. The first-order chi connectivity index (χ1) is 8.99. The topological polar surface area (TPSA) is 30.9 Å². The zero-order valence-corrected chi connectivity index (χ0v) is 11.1. The maximum absolute atomic E-state index is 13.6. The van der Waals surface area contributed by atoms with Gasteiger partial charge in [-0.3, -0.25) is 0 Å². The average Bonchev–Trinajstić information content (AvgIpc) is 2.82. The first-order valence-electron chi connectivity index (χ1n) is 6.33. The lowest BCUT2D eigenvalue weighted by Gasteiger charge is -2.13. The molecule has 1 heterocycles. The molecule has 1 unspecified atom stereocenters. The largest absolute Gasteiger partial charge is 0.349 e. The van der Waals surface area contributed by atoms with Crippen LogP contribution in [-0.4, -0.2) is 4.57 Å². The molecule has 1 aromatic heterocycles. The molecule has 2 N–H and O–H groups in total. The molecule has 2 nitrogen and oxygen atoms in total. The van der Waals surface area contributed by atoms with Gasteiger partial charge in [0.05, 0.1) is 0 Å². The van der Waals surface area contributed by atoms with Crippen molar-refractivity contribution in [2.24, 2.45) is 11.7 Å². The summed E-state index contributed by atoms with van der Waals surface area (Å²) in [4.78, 5) is 0. The molecular weight excluding hydrogens is 246 g/mol. The molecule has 0 saturated carbocycles. The monoisotopic (exact) mass is 264 g/mol. The van der Waals surface area contributed by atoms with E-state index in [9.17, 15) is 8.78 Å². The summed E-state index contributed by atoms with van der Waals surface area (Å²) < 4.78 is 28.5. The van der Waals surface area contributed by atoms with E-state index in [2.05, 4.69) is 0 Å². The standard InChI is InChI=1S/C15H18F2N2/c1-10(2)15(18)12-6-7-19(9-12)8-11-4-3-5-13(16)14(11)17/h3-7,9-10,15H,8,18H2,1-2H3. The van der Waals surface area contributed by atoms with Gasteiger partial charge < -0.3 is 10.3 Å². The maximum Gasteiger partial charge on any atom is 0.163 e. The van der Waals surface area contributed by atoms with Gasteiger partial charge in [-0.1, -0.05) is 26.0 Å². The first-order valence-corrected chi connectivity index (χ1v) is 6.33. The van der Waals surface area contributed by atoms with Crippen molar-refractivity contribution in [2.45, 2.75) is 26.4 Å². The van der Waals surface area contributed by atoms with Crippen molar-refractivity contribution in [3.8, 4) is 0 Å². The minimum Gasteiger partial charge on any atom is -0.349 e. The number of hydrogen-bond donors (Lipinski definition) is 1. The Morgan fingerprint density at radius 3 is 2.63 bits per heavy atom. The number of benzene rings is 1. The number of rotatable bonds is 4. The molecule has 0 fully saturated rings. The van der Waals surface area contributed by atoms with Crippen LogP contribution in [0, 0.1) is 17.6 Å². The van der Waals surface area contributed by atoms with Gasteiger partial charge in [0.25, 0.3) is 0 Å². The lowest BCUT2D eigenvalue weighted by Crippen LogP contribution is -2.16. The van der Waals surface area contributed by atoms with E-state index in [4.69, 9.17) is 5.73 Å². The van der Waals surface area contributed by atoms with E-state index in [0.717, 1.165) is 11.6 Å². The molecule has 0 aliphatic rings. The molecule has 0 amide bonds. The van der Waals surface area contributed by atoms with Gasteiger partial charge >= 0.3 is 0 Å². The maximum atomic E-state index is 13.6. The average molecular weight is 264 g/mol. The molecule has 1 atom stereocenters. The zero-order chi connectivity index (χ0) is 14.0. The van der Waals surface area contributed by atoms with Crippen LogP contribution in [0.3, 0.4) is 0 Å². The lowest BCUT2D eigenvalue weighted by atomic mass is 10.00. The van der Waals surface area contributed by atoms with E-state index in [0.29, 0.717) is 18.0 Å². The fourth-order valence-electron chi connectivity index (χ4n) is 2.01. The smallest absolute Gasteiger partial charge is 0.163 e. The summed E-state index contributed by atoms with van der Waals surface area (Å²) in [6.45, 7) is 4.40. The summed E-state index contributed by atoms with van der Waals surface area (Å²) >= 11 is 0. The predicted octanol–water partition coefficient (Wildman–Crippen LogP) is 3.47. The highest BCUT2D eigenvalue weighted by molar-refractivity contribution is 5.21. The summed E-state index contributed by atoms with van der Waals surface area (Å²) in [5.41, 5.74) is 7.39. The van der Waals surface area contributed by atoms with Crippen molar-refractivity contribution < 1.29 is 8.78 Å². The second-order valence-electron chi connectivity index (χ2n) is 5.10. The summed E-state index contributed by atoms with van der Waals surface area (Å²) in [5.74, 6) is -1.27. The van der Waals surface area contributed by atoms with Gasteiger partial charge in [0.1, 0.15) is 0 Å². The molecule has 1 aromatic carbocycles. The van der Waals surface area contributed by atoms with Crippen LogP contribution in [0.25, 0.3) is 0 Å². The molecule has 2 rings (SSSR count). The molecular formula is C15H18F2N2. The third-order valence-electron chi connectivity index (χ3n) is 3.26. The van der Waals surface area contributed by atoms with Crippen molar-refractivity contribution in [3.63, 3.8) is 0 Å². The Labute approximate surface area is 111 Å². The Kier molecular flexibility index (Phi) is 4.00. The molecule has 2 aromatic rings. The van der Waals surface area contributed by atoms with E-state index in [-0.39, 0.29) is 6.04 Å². The van der Waals surface area contributed by atoms with Crippen LogP contribution in [0.4, 0.5) is 8.78 Å². The number of aromatic nitrogens is 1. The summed E-state index contributed by atoms with van der Waals surface area (Å²) in [6, 6.07) is 6.09. The van der Waals surface area contributed by atoms with E-state index < -0.39 is 11.6 Å². The molecule has 19 heavy (non-hydrogen) atoms. The van der Waals surface area contributed by atoms with E-state index in [1.165, 1.54) is 6.07 Å². The molecule has 0 aliphatic carbocycles. The van der Waals surface area contributed by atoms with Gasteiger partial charge in [-0.25, -0.2) is 8.78 Å². The first kappa shape index (κ1) is 13.7. The van der Waals surface area contributed by atoms with Crippen LogP contribution in [-0.2, 0) is 6.54 Å². The Hall–Kier alpha value is -1.68. The highest BCUT2D eigenvalue weighted by Gasteiger charge is 2.13. The highest BCUT2D eigenvalue weighted by Crippen LogP contribution is 2.20. The molecule has 102 valence electrons. The Morgan fingerprint density at radius 2 is 1.95 bits per heavy atom. The van der Waals surface area contributed by atoms with E-state index in [1.807, 2.05) is 36.9 Å². The molecule has 0 saturated heterocycles.